The van der Waals surface area contributed by atoms with E-state index in [4.69, 9.17) is 9.84 Å². The lowest BCUT2D eigenvalue weighted by Gasteiger charge is -2.04. The average Bonchev–Trinajstić information content (AvgIpc) is 2.52. The molecule has 0 rings (SSSR count). The fraction of sp³-hybridized carbons (Fsp3) is 0.944. The monoisotopic (exact) mass is 316 g/mol. The maximum atomic E-state index is 11.2. The van der Waals surface area contributed by atoms with Crippen LogP contribution < -0.4 is 0 Å². The summed E-state index contributed by atoms with van der Waals surface area (Å²) in [7, 11) is 0. The van der Waals surface area contributed by atoms with Gasteiger partial charge in [-0.25, -0.2) is 0 Å². The first-order valence-corrected chi connectivity index (χ1v) is 9.15. The van der Waals surface area contributed by atoms with Gasteiger partial charge in [0.1, 0.15) is 6.79 Å². The highest BCUT2D eigenvalue weighted by Gasteiger charge is 2.02. The summed E-state index contributed by atoms with van der Waals surface area (Å²) in [6.07, 6.45) is 17.3. The largest absolute Gasteiger partial charge is 0.438 e. The lowest BCUT2D eigenvalue weighted by molar-refractivity contribution is -0.163. The Kier molecular flexibility index (Phi) is 17.9. The van der Waals surface area contributed by atoms with Crippen molar-refractivity contribution in [2.75, 3.05) is 13.6 Å². The van der Waals surface area contributed by atoms with E-state index in [0.717, 1.165) is 12.8 Å². The molecule has 0 amide bonds. The van der Waals surface area contributed by atoms with Crippen molar-refractivity contribution in [1.29, 1.82) is 0 Å². The summed E-state index contributed by atoms with van der Waals surface area (Å²) in [4.78, 5) is 11.2. The molecule has 4 nitrogen and oxygen atoms in total. The maximum absolute atomic E-state index is 11.2. The highest BCUT2D eigenvalue weighted by atomic mass is 16.7. The van der Waals surface area contributed by atoms with Crippen molar-refractivity contribution in [2.45, 2.75) is 96.8 Å². The fourth-order valence-corrected chi connectivity index (χ4v) is 2.50. The van der Waals surface area contributed by atoms with Crippen LogP contribution in [0.5, 0.6) is 0 Å². The van der Waals surface area contributed by atoms with Crippen molar-refractivity contribution < 1.29 is 19.4 Å². The van der Waals surface area contributed by atoms with Crippen molar-refractivity contribution in [3.63, 3.8) is 0 Å². The van der Waals surface area contributed by atoms with Gasteiger partial charge >= 0.3 is 5.97 Å². The van der Waals surface area contributed by atoms with Crippen LogP contribution in [0.2, 0.25) is 0 Å². The lowest BCUT2D eigenvalue weighted by Crippen LogP contribution is -2.08. The molecule has 1 N–H and O–H groups in total. The van der Waals surface area contributed by atoms with Gasteiger partial charge in [0.25, 0.3) is 0 Å². The van der Waals surface area contributed by atoms with Crippen LogP contribution in [0.4, 0.5) is 0 Å². The van der Waals surface area contributed by atoms with Crippen LogP contribution in [-0.2, 0) is 14.3 Å². The lowest BCUT2D eigenvalue weighted by atomic mass is 10.0. The molecule has 0 aromatic rings. The molecule has 0 aromatic carbocycles. The molecule has 0 saturated carbocycles. The molecular weight excluding hydrogens is 280 g/mol. The summed E-state index contributed by atoms with van der Waals surface area (Å²) >= 11 is 0. The Morgan fingerprint density at radius 1 is 0.773 bits per heavy atom. The molecule has 0 fully saturated rings. The zero-order valence-electron chi connectivity index (χ0n) is 14.5. The van der Waals surface area contributed by atoms with Gasteiger partial charge in [-0.1, -0.05) is 84.0 Å². The van der Waals surface area contributed by atoms with Crippen molar-refractivity contribution in [3.05, 3.63) is 0 Å². The fourth-order valence-electron chi connectivity index (χ4n) is 2.50. The van der Waals surface area contributed by atoms with Crippen LogP contribution in [0.1, 0.15) is 96.8 Å². The first-order chi connectivity index (χ1) is 10.8. The number of unbranched alkanes of at least 4 members (excludes halogenated alkanes) is 12. The quantitative estimate of drug-likeness (QED) is 0.235. The summed E-state index contributed by atoms with van der Waals surface area (Å²) in [6.45, 7) is 1.70. The summed E-state index contributed by atoms with van der Waals surface area (Å²) in [5.74, 6) is -0.239. The number of carbonyl (C=O) groups excluding carboxylic acids is 1. The van der Waals surface area contributed by atoms with E-state index in [1.807, 2.05) is 0 Å². The molecule has 0 saturated heterocycles. The molecule has 22 heavy (non-hydrogen) atoms. The molecule has 0 spiro atoms. The second-order valence-electron chi connectivity index (χ2n) is 5.96. The predicted molar refractivity (Wildman–Crippen MR) is 89.4 cm³/mol. The highest BCUT2D eigenvalue weighted by Crippen LogP contribution is 2.13. The minimum Gasteiger partial charge on any atom is -0.438 e. The van der Waals surface area contributed by atoms with Gasteiger partial charge in [0, 0.05) is 6.42 Å². The van der Waals surface area contributed by atoms with Gasteiger partial charge in [-0.05, 0) is 6.42 Å². The van der Waals surface area contributed by atoms with Crippen molar-refractivity contribution in [1.82, 2.24) is 0 Å². The Balaban J connectivity index is 3.06. The zero-order valence-corrected chi connectivity index (χ0v) is 14.5. The molecule has 0 aliphatic heterocycles. The first-order valence-electron chi connectivity index (χ1n) is 9.15. The van der Waals surface area contributed by atoms with E-state index >= 15 is 0 Å². The van der Waals surface area contributed by atoms with Crippen LogP contribution in [0, 0.1) is 0 Å². The Morgan fingerprint density at radius 3 is 1.68 bits per heavy atom. The molecule has 0 heterocycles. The Bertz CT molecular complexity index is 231. The van der Waals surface area contributed by atoms with Crippen LogP contribution in [0.25, 0.3) is 0 Å². The SMILES string of the molecule is CCCCCCCCCCCCCCCC(=O)OCOCO. The Labute approximate surface area is 136 Å². The predicted octanol–water partition coefficient (Wildman–Crippen LogP) is 4.93. The van der Waals surface area contributed by atoms with E-state index in [2.05, 4.69) is 11.7 Å². The average molecular weight is 316 g/mol. The Morgan fingerprint density at radius 2 is 1.23 bits per heavy atom. The number of ether oxygens (including phenoxy) is 2. The number of hydrogen-bond donors (Lipinski definition) is 1. The standard InChI is InChI=1S/C18H36O4/c1-2-3-4-5-6-7-8-9-10-11-12-13-14-15-18(20)22-17-21-16-19/h19H,2-17H2,1H3. The number of hydrogen-bond acceptors (Lipinski definition) is 4. The molecule has 0 aliphatic rings. The van der Waals surface area contributed by atoms with Crippen molar-refractivity contribution in [2.24, 2.45) is 0 Å². The van der Waals surface area contributed by atoms with Gasteiger partial charge in [0.2, 0.25) is 0 Å². The van der Waals surface area contributed by atoms with Crippen LogP contribution in [0.3, 0.4) is 0 Å². The minimum atomic E-state index is -0.411. The van der Waals surface area contributed by atoms with Gasteiger partial charge in [-0.3, -0.25) is 4.79 Å². The molecule has 0 atom stereocenters. The molecule has 0 bridgehead atoms. The second kappa shape index (κ2) is 18.4. The van der Waals surface area contributed by atoms with E-state index in [1.165, 1.54) is 70.6 Å². The van der Waals surface area contributed by atoms with Gasteiger partial charge < -0.3 is 14.6 Å². The Hall–Kier alpha value is -0.610. The molecule has 132 valence electrons. The summed E-state index contributed by atoms with van der Waals surface area (Å²) < 4.78 is 9.30. The third-order valence-corrected chi connectivity index (χ3v) is 3.88. The van der Waals surface area contributed by atoms with Gasteiger partial charge in [0.15, 0.2) is 6.79 Å². The van der Waals surface area contributed by atoms with Crippen LogP contribution in [-0.4, -0.2) is 24.7 Å². The summed E-state index contributed by atoms with van der Waals surface area (Å²) in [5.41, 5.74) is 0. The van der Waals surface area contributed by atoms with Crippen molar-refractivity contribution >= 4 is 5.97 Å². The van der Waals surface area contributed by atoms with Gasteiger partial charge in [-0.2, -0.15) is 0 Å². The topological polar surface area (TPSA) is 55.8 Å². The zero-order chi connectivity index (χ0) is 16.3. The smallest absolute Gasteiger partial charge is 0.307 e. The summed E-state index contributed by atoms with van der Waals surface area (Å²) in [6, 6.07) is 0. The van der Waals surface area contributed by atoms with E-state index in [1.54, 1.807) is 0 Å². The summed E-state index contributed by atoms with van der Waals surface area (Å²) in [5, 5.41) is 8.36. The van der Waals surface area contributed by atoms with E-state index in [-0.39, 0.29) is 12.8 Å². The minimum absolute atomic E-state index is 0.145. The molecule has 0 aliphatic carbocycles. The molecular formula is C18H36O4. The van der Waals surface area contributed by atoms with Crippen LogP contribution >= 0.6 is 0 Å². The third kappa shape index (κ3) is 17.4. The highest BCUT2D eigenvalue weighted by molar-refractivity contribution is 5.69. The first kappa shape index (κ1) is 21.4. The third-order valence-electron chi connectivity index (χ3n) is 3.88. The molecule has 0 unspecified atom stereocenters. The van der Waals surface area contributed by atoms with Crippen molar-refractivity contribution in [3.8, 4) is 0 Å². The number of esters is 1. The molecule has 0 radical (unpaired) electrons. The van der Waals surface area contributed by atoms with Crippen LogP contribution in [0.15, 0.2) is 0 Å². The maximum Gasteiger partial charge on any atom is 0.307 e. The van der Waals surface area contributed by atoms with E-state index < -0.39 is 6.79 Å². The van der Waals surface area contributed by atoms with E-state index in [9.17, 15) is 4.79 Å². The molecule has 4 heteroatoms. The number of carbonyl (C=O) groups is 1. The number of aliphatic hydroxyl groups is 1. The number of aliphatic hydroxyl groups excluding tert-OH is 1. The normalized spacial score (nSPS) is 10.8. The van der Waals surface area contributed by atoms with Gasteiger partial charge in [0.05, 0.1) is 0 Å². The van der Waals surface area contributed by atoms with Gasteiger partial charge in [-0.15, -0.1) is 0 Å². The molecule has 0 aromatic heterocycles. The van der Waals surface area contributed by atoms with E-state index in [0.29, 0.717) is 6.42 Å². The second-order valence-corrected chi connectivity index (χ2v) is 5.96. The number of rotatable bonds is 17.